The maximum atomic E-state index is 14.3. The number of aryl methyl sites for hydroxylation is 1. The van der Waals surface area contributed by atoms with Crippen molar-refractivity contribution in [2.24, 2.45) is 5.73 Å². The highest BCUT2D eigenvalue weighted by atomic mass is 19.1. The Bertz CT molecular complexity index is 597. The van der Waals surface area contributed by atoms with Crippen LogP contribution in [0.1, 0.15) is 37.1 Å². The molecule has 1 aromatic carbocycles. The molecule has 1 saturated carbocycles. The van der Waals surface area contributed by atoms with Crippen LogP contribution in [-0.4, -0.2) is 9.55 Å². The van der Waals surface area contributed by atoms with Gasteiger partial charge in [-0.1, -0.05) is 18.9 Å². The summed E-state index contributed by atoms with van der Waals surface area (Å²) >= 11 is 0. The first-order valence-electron chi connectivity index (χ1n) is 6.69. The van der Waals surface area contributed by atoms with Gasteiger partial charge in [0.25, 0.3) is 0 Å². The summed E-state index contributed by atoms with van der Waals surface area (Å²) in [4.78, 5) is 4.12. The molecule has 2 N–H and O–H groups in total. The zero-order chi connectivity index (χ0) is 13.5. The van der Waals surface area contributed by atoms with Crippen LogP contribution >= 0.6 is 0 Å². The molecular weight excluding hydrogens is 241 g/mol. The molecule has 0 bridgehead atoms. The fraction of sp³-hybridized carbons (Fsp3) is 0.400. The Kier molecular flexibility index (Phi) is 2.90. The van der Waals surface area contributed by atoms with Crippen LogP contribution in [0.25, 0.3) is 5.69 Å². The van der Waals surface area contributed by atoms with Crippen molar-refractivity contribution in [1.29, 1.82) is 0 Å². The molecule has 0 atom stereocenters. The summed E-state index contributed by atoms with van der Waals surface area (Å²) in [5.41, 5.74) is 7.45. The van der Waals surface area contributed by atoms with Crippen LogP contribution in [0.3, 0.4) is 0 Å². The average molecular weight is 259 g/mol. The van der Waals surface area contributed by atoms with Crippen molar-refractivity contribution in [3.8, 4) is 5.69 Å². The second kappa shape index (κ2) is 4.46. The fourth-order valence-corrected chi connectivity index (χ4v) is 2.94. The van der Waals surface area contributed by atoms with E-state index in [1.807, 2.05) is 13.0 Å². The Hall–Kier alpha value is -1.68. The lowest BCUT2D eigenvalue weighted by Gasteiger charge is -2.24. The molecular formula is C15H18FN3. The van der Waals surface area contributed by atoms with Gasteiger partial charge in [-0.25, -0.2) is 9.37 Å². The van der Waals surface area contributed by atoms with Gasteiger partial charge in [0.05, 0.1) is 5.69 Å². The van der Waals surface area contributed by atoms with E-state index in [-0.39, 0.29) is 11.4 Å². The third-order valence-electron chi connectivity index (χ3n) is 4.10. The molecule has 2 aromatic rings. The van der Waals surface area contributed by atoms with Gasteiger partial charge in [-0.3, -0.25) is 0 Å². The lowest BCUT2D eigenvalue weighted by Crippen LogP contribution is -2.33. The van der Waals surface area contributed by atoms with E-state index in [0.29, 0.717) is 5.69 Å². The van der Waals surface area contributed by atoms with E-state index >= 15 is 0 Å². The number of benzene rings is 1. The van der Waals surface area contributed by atoms with Gasteiger partial charge >= 0.3 is 0 Å². The van der Waals surface area contributed by atoms with E-state index in [4.69, 9.17) is 5.73 Å². The number of halogens is 1. The van der Waals surface area contributed by atoms with Crippen LogP contribution in [0.15, 0.2) is 30.6 Å². The molecule has 4 heteroatoms. The van der Waals surface area contributed by atoms with Crippen LogP contribution in [-0.2, 0) is 5.54 Å². The minimum atomic E-state index is -0.344. The number of hydrogen-bond donors (Lipinski definition) is 1. The number of imidazole rings is 1. The first-order valence-corrected chi connectivity index (χ1v) is 6.69. The molecule has 19 heavy (non-hydrogen) atoms. The summed E-state index contributed by atoms with van der Waals surface area (Å²) in [6, 6.07) is 5.33. The van der Waals surface area contributed by atoms with Crippen LogP contribution in [0.4, 0.5) is 4.39 Å². The molecule has 1 heterocycles. The second-order valence-electron chi connectivity index (χ2n) is 5.37. The van der Waals surface area contributed by atoms with Gasteiger partial charge in [0.1, 0.15) is 11.6 Å². The highest BCUT2D eigenvalue weighted by molar-refractivity contribution is 5.40. The quantitative estimate of drug-likeness (QED) is 0.900. The van der Waals surface area contributed by atoms with Crippen LogP contribution < -0.4 is 5.73 Å². The summed E-state index contributed by atoms with van der Waals surface area (Å²) in [6.07, 6.45) is 7.57. The highest BCUT2D eigenvalue weighted by Gasteiger charge is 2.31. The maximum absolute atomic E-state index is 14.3. The third kappa shape index (κ3) is 2.06. The Morgan fingerprint density at radius 2 is 2.05 bits per heavy atom. The first-order chi connectivity index (χ1) is 9.10. The van der Waals surface area contributed by atoms with Gasteiger partial charge in [0.2, 0.25) is 0 Å². The van der Waals surface area contributed by atoms with E-state index in [2.05, 4.69) is 4.98 Å². The van der Waals surface area contributed by atoms with Gasteiger partial charge in [-0.15, -0.1) is 0 Å². The average Bonchev–Trinajstić information content (AvgIpc) is 2.99. The van der Waals surface area contributed by atoms with E-state index in [1.165, 1.54) is 0 Å². The summed E-state index contributed by atoms with van der Waals surface area (Å²) in [7, 11) is 0. The van der Waals surface area contributed by atoms with Crippen LogP contribution in [0.5, 0.6) is 0 Å². The molecule has 1 aliphatic rings. The first kappa shape index (κ1) is 12.4. The lowest BCUT2D eigenvalue weighted by atomic mass is 9.89. The van der Waals surface area contributed by atoms with E-state index in [0.717, 1.165) is 37.1 Å². The third-order valence-corrected chi connectivity index (χ3v) is 4.10. The molecule has 0 aliphatic heterocycles. The Morgan fingerprint density at radius 3 is 2.63 bits per heavy atom. The van der Waals surface area contributed by atoms with Crippen molar-refractivity contribution in [2.75, 3.05) is 0 Å². The number of nitrogens with zero attached hydrogens (tertiary/aromatic N) is 2. The van der Waals surface area contributed by atoms with E-state index in [9.17, 15) is 4.39 Å². The molecule has 0 amide bonds. The van der Waals surface area contributed by atoms with Gasteiger partial charge in [0.15, 0.2) is 0 Å². The van der Waals surface area contributed by atoms with Crippen molar-refractivity contribution in [3.05, 3.63) is 47.8 Å². The second-order valence-corrected chi connectivity index (χ2v) is 5.37. The molecule has 0 unspecified atom stereocenters. The number of hydrogen-bond acceptors (Lipinski definition) is 2. The molecule has 3 rings (SSSR count). The molecule has 0 saturated heterocycles. The Morgan fingerprint density at radius 1 is 1.32 bits per heavy atom. The van der Waals surface area contributed by atoms with Crippen molar-refractivity contribution < 1.29 is 4.39 Å². The number of rotatable bonds is 2. The van der Waals surface area contributed by atoms with Gasteiger partial charge in [-0.05, 0) is 37.5 Å². The van der Waals surface area contributed by atoms with Crippen molar-refractivity contribution in [1.82, 2.24) is 9.55 Å². The standard InChI is InChI=1S/C15H18FN3/c1-11-18-8-9-19(11)14-5-4-12(10-13(14)16)15(17)6-2-3-7-15/h4-5,8-10H,2-3,6-7,17H2,1H3. The van der Waals surface area contributed by atoms with Gasteiger partial charge < -0.3 is 10.3 Å². The molecule has 0 spiro atoms. The monoisotopic (exact) mass is 259 g/mol. The van der Waals surface area contributed by atoms with Gasteiger partial charge in [0, 0.05) is 17.9 Å². The predicted octanol–water partition coefficient (Wildman–Crippen LogP) is 3.05. The van der Waals surface area contributed by atoms with E-state index in [1.54, 1.807) is 29.1 Å². The van der Waals surface area contributed by atoms with Crippen molar-refractivity contribution >= 4 is 0 Å². The topological polar surface area (TPSA) is 43.8 Å². The minimum absolute atomic E-state index is 0.240. The summed E-state index contributed by atoms with van der Waals surface area (Å²) in [5.74, 6) is 0.533. The molecule has 0 radical (unpaired) electrons. The van der Waals surface area contributed by atoms with E-state index < -0.39 is 0 Å². The molecule has 1 fully saturated rings. The zero-order valence-corrected chi connectivity index (χ0v) is 11.1. The fourth-order valence-electron chi connectivity index (χ4n) is 2.94. The minimum Gasteiger partial charge on any atom is -0.321 e. The smallest absolute Gasteiger partial charge is 0.147 e. The largest absolute Gasteiger partial charge is 0.321 e. The lowest BCUT2D eigenvalue weighted by molar-refractivity contribution is 0.457. The normalized spacial score (nSPS) is 17.8. The van der Waals surface area contributed by atoms with Crippen LogP contribution in [0, 0.1) is 12.7 Å². The van der Waals surface area contributed by atoms with Crippen molar-refractivity contribution in [3.63, 3.8) is 0 Å². The molecule has 3 nitrogen and oxygen atoms in total. The van der Waals surface area contributed by atoms with Gasteiger partial charge in [-0.2, -0.15) is 0 Å². The predicted molar refractivity (Wildman–Crippen MR) is 72.6 cm³/mol. The molecule has 100 valence electrons. The zero-order valence-electron chi connectivity index (χ0n) is 11.1. The molecule has 1 aromatic heterocycles. The van der Waals surface area contributed by atoms with Crippen molar-refractivity contribution in [2.45, 2.75) is 38.1 Å². The van der Waals surface area contributed by atoms with Crippen LogP contribution in [0.2, 0.25) is 0 Å². The number of nitrogens with two attached hydrogens (primary N) is 1. The maximum Gasteiger partial charge on any atom is 0.147 e. The SMILES string of the molecule is Cc1nccn1-c1ccc(C2(N)CCCC2)cc1F. The summed E-state index contributed by atoms with van der Waals surface area (Å²) in [6.45, 7) is 1.86. The Balaban J connectivity index is 2.01. The summed E-state index contributed by atoms with van der Waals surface area (Å²) < 4.78 is 16.1. The summed E-state index contributed by atoms with van der Waals surface area (Å²) in [5, 5.41) is 0. The number of aromatic nitrogens is 2. The molecule has 1 aliphatic carbocycles. The Labute approximate surface area is 112 Å². The highest BCUT2D eigenvalue weighted by Crippen LogP contribution is 2.37.